The lowest BCUT2D eigenvalue weighted by molar-refractivity contribution is -0.120. The Morgan fingerprint density at radius 3 is 2.89 bits per heavy atom. The van der Waals surface area contributed by atoms with Crippen molar-refractivity contribution in [3.05, 3.63) is 69.8 Å². The molecular formula is C21H18FN3O2S. The molecule has 5 nitrogen and oxygen atoms in total. The average molecular weight is 395 g/mol. The van der Waals surface area contributed by atoms with Crippen LogP contribution >= 0.6 is 11.3 Å². The summed E-state index contributed by atoms with van der Waals surface area (Å²) in [7, 11) is 0. The molecule has 2 N–H and O–H groups in total. The zero-order valence-corrected chi connectivity index (χ0v) is 16.0. The predicted octanol–water partition coefficient (Wildman–Crippen LogP) is 4.23. The fourth-order valence-electron chi connectivity index (χ4n) is 3.40. The maximum absolute atomic E-state index is 14.1. The molecule has 28 heavy (non-hydrogen) atoms. The summed E-state index contributed by atoms with van der Waals surface area (Å²) in [5.74, 6) is -0.808. The van der Waals surface area contributed by atoms with Crippen LogP contribution in [-0.4, -0.2) is 21.7 Å². The monoisotopic (exact) mass is 395 g/mol. The molecule has 1 aliphatic rings. The van der Waals surface area contributed by atoms with Gasteiger partial charge in [-0.05, 0) is 24.5 Å². The number of thiazole rings is 1. The largest absolute Gasteiger partial charge is 0.507 e. The van der Waals surface area contributed by atoms with Crippen LogP contribution in [0.4, 0.5) is 4.39 Å². The summed E-state index contributed by atoms with van der Waals surface area (Å²) in [6.45, 7) is 1.87. The highest BCUT2D eigenvalue weighted by molar-refractivity contribution is 7.10. The zero-order chi connectivity index (χ0) is 19.7. The van der Waals surface area contributed by atoms with Gasteiger partial charge in [0.2, 0.25) is 5.91 Å². The number of rotatable bonds is 4. The minimum absolute atomic E-state index is 0.0267. The molecule has 1 heterocycles. The third-order valence-electron chi connectivity index (χ3n) is 4.70. The van der Waals surface area contributed by atoms with E-state index in [9.17, 15) is 14.3 Å². The third kappa shape index (κ3) is 3.53. The predicted molar refractivity (Wildman–Crippen MR) is 107 cm³/mol. The van der Waals surface area contributed by atoms with Crippen LogP contribution in [0.25, 0.3) is 11.3 Å². The molecule has 1 atom stereocenters. The van der Waals surface area contributed by atoms with E-state index in [1.54, 1.807) is 0 Å². The Hall–Kier alpha value is -3.06. The van der Waals surface area contributed by atoms with E-state index in [1.165, 1.54) is 23.5 Å². The Bertz CT molecular complexity index is 1060. The number of halogens is 1. The van der Waals surface area contributed by atoms with Crippen LogP contribution in [0.15, 0.2) is 52.9 Å². The molecule has 0 unspecified atom stereocenters. The summed E-state index contributed by atoms with van der Waals surface area (Å²) in [6.07, 6.45) is 0.561. The number of phenols is 1. The zero-order valence-electron chi connectivity index (χ0n) is 15.1. The van der Waals surface area contributed by atoms with Gasteiger partial charge in [-0.25, -0.2) is 14.8 Å². The first kappa shape index (κ1) is 18.3. The molecule has 0 bridgehead atoms. The van der Waals surface area contributed by atoms with E-state index in [1.807, 2.05) is 42.6 Å². The summed E-state index contributed by atoms with van der Waals surface area (Å²) in [5.41, 5.74) is 5.66. The lowest BCUT2D eigenvalue weighted by Gasteiger charge is -2.06. The Kier molecular flexibility index (Phi) is 4.92. The van der Waals surface area contributed by atoms with Crippen molar-refractivity contribution >= 4 is 23.0 Å². The first-order chi connectivity index (χ1) is 13.5. The minimum atomic E-state index is -0.368. The SMILES string of the molecule is C[C@@H]1C/C(=N\NC(=O)Cc2nc(-c3ccccc3)cs2)c2c(O)ccc(F)c21. The summed E-state index contributed by atoms with van der Waals surface area (Å²) in [4.78, 5) is 16.8. The number of phenolic OH excluding ortho intramolecular Hbond substituents is 1. The van der Waals surface area contributed by atoms with Crippen molar-refractivity contribution in [1.29, 1.82) is 0 Å². The van der Waals surface area contributed by atoms with Crippen LogP contribution in [0.1, 0.15) is 35.4 Å². The topological polar surface area (TPSA) is 74.6 Å². The van der Waals surface area contributed by atoms with Gasteiger partial charge in [0.25, 0.3) is 0 Å². The fraction of sp³-hybridized carbons (Fsp3) is 0.190. The van der Waals surface area contributed by atoms with Crippen LogP contribution in [-0.2, 0) is 11.2 Å². The highest BCUT2D eigenvalue weighted by Gasteiger charge is 2.30. The highest BCUT2D eigenvalue weighted by Crippen LogP contribution is 2.39. The highest BCUT2D eigenvalue weighted by atomic mass is 32.1. The Balaban J connectivity index is 1.46. The molecule has 0 spiro atoms. The van der Waals surface area contributed by atoms with Crippen LogP contribution in [0.3, 0.4) is 0 Å². The van der Waals surface area contributed by atoms with E-state index in [2.05, 4.69) is 15.5 Å². The number of hydrogen-bond donors (Lipinski definition) is 2. The van der Waals surface area contributed by atoms with Crippen molar-refractivity contribution in [1.82, 2.24) is 10.4 Å². The number of carbonyl (C=O) groups is 1. The van der Waals surface area contributed by atoms with Gasteiger partial charge in [0.1, 0.15) is 16.6 Å². The first-order valence-electron chi connectivity index (χ1n) is 8.90. The van der Waals surface area contributed by atoms with Gasteiger partial charge in [0.15, 0.2) is 0 Å². The van der Waals surface area contributed by atoms with Crippen molar-refractivity contribution in [2.75, 3.05) is 0 Å². The molecule has 142 valence electrons. The van der Waals surface area contributed by atoms with Crippen molar-refractivity contribution in [3.8, 4) is 17.0 Å². The Morgan fingerprint density at radius 1 is 1.32 bits per heavy atom. The summed E-state index contributed by atoms with van der Waals surface area (Å²) in [6, 6.07) is 12.3. The van der Waals surface area contributed by atoms with Gasteiger partial charge in [-0.2, -0.15) is 5.10 Å². The van der Waals surface area contributed by atoms with E-state index in [-0.39, 0.29) is 29.8 Å². The third-order valence-corrected chi connectivity index (χ3v) is 5.55. The summed E-state index contributed by atoms with van der Waals surface area (Å²) in [5, 5.41) is 16.8. The van der Waals surface area contributed by atoms with Crippen molar-refractivity contribution < 1.29 is 14.3 Å². The molecule has 4 rings (SSSR count). The van der Waals surface area contributed by atoms with Crippen molar-refractivity contribution in [2.24, 2.45) is 5.10 Å². The molecule has 0 fully saturated rings. The van der Waals surface area contributed by atoms with E-state index in [4.69, 9.17) is 0 Å². The molecule has 1 amide bonds. The number of benzene rings is 2. The van der Waals surface area contributed by atoms with Crippen LogP contribution in [0.2, 0.25) is 0 Å². The number of nitrogens with zero attached hydrogens (tertiary/aromatic N) is 2. The second-order valence-corrected chi connectivity index (χ2v) is 7.67. The molecular weight excluding hydrogens is 377 g/mol. The molecule has 2 aromatic carbocycles. The van der Waals surface area contributed by atoms with E-state index >= 15 is 0 Å². The second kappa shape index (κ2) is 7.52. The first-order valence-corrected chi connectivity index (χ1v) is 9.78. The van der Waals surface area contributed by atoms with Gasteiger partial charge in [-0.15, -0.1) is 11.3 Å². The number of aromatic hydroxyl groups is 1. The van der Waals surface area contributed by atoms with Gasteiger partial charge in [0, 0.05) is 22.1 Å². The van der Waals surface area contributed by atoms with Gasteiger partial charge >= 0.3 is 0 Å². The number of aromatic nitrogens is 1. The molecule has 1 aliphatic carbocycles. The molecule has 0 saturated heterocycles. The summed E-state index contributed by atoms with van der Waals surface area (Å²) >= 11 is 1.41. The molecule has 0 aliphatic heterocycles. The molecule has 0 radical (unpaired) electrons. The van der Waals surface area contributed by atoms with E-state index in [0.717, 1.165) is 11.3 Å². The van der Waals surface area contributed by atoms with Crippen LogP contribution < -0.4 is 5.43 Å². The lowest BCUT2D eigenvalue weighted by Crippen LogP contribution is -2.21. The Morgan fingerprint density at radius 2 is 2.11 bits per heavy atom. The maximum atomic E-state index is 14.1. The van der Waals surface area contributed by atoms with E-state index in [0.29, 0.717) is 28.3 Å². The van der Waals surface area contributed by atoms with Crippen LogP contribution in [0, 0.1) is 5.82 Å². The number of hydrazone groups is 1. The fourth-order valence-corrected chi connectivity index (χ4v) is 4.21. The van der Waals surface area contributed by atoms with E-state index < -0.39 is 0 Å². The minimum Gasteiger partial charge on any atom is -0.507 e. The van der Waals surface area contributed by atoms with Gasteiger partial charge in [-0.1, -0.05) is 37.3 Å². The van der Waals surface area contributed by atoms with Gasteiger partial charge in [0.05, 0.1) is 17.8 Å². The maximum Gasteiger partial charge on any atom is 0.246 e. The molecule has 3 aromatic rings. The Labute approximate surface area is 165 Å². The standard InChI is InChI=1S/C21H18FN3O2S/c1-12-9-15(21-17(26)8-7-14(22)20(12)21)24-25-18(27)10-19-23-16(11-28-19)13-5-3-2-4-6-13/h2-8,11-12,26H,9-10H2,1H3,(H,25,27)/b24-15+/t12-/m1/s1. The van der Waals surface area contributed by atoms with Crippen LogP contribution in [0.5, 0.6) is 5.75 Å². The smallest absolute Gasteiger partial charge is 0.246 e. The number of amides is 1. The van der Waals surface area contributed by atoms with Gasteiger partial charge in [-0.3, -0.25) is 4.79 Å². The number of fused-ring (bicyclic) bond motifs is 1. The number of nitrogens with one attached hydrogen (secondary N) is 1. The van der Waals surface area contributed by atoms with Gasteiger partial charge < -0.3 is 5.11 Å². The normalized spacial score (nSPS) is 16.9. The number of carbonyl (C=O) groups excluding carboxylic acids is 1. The molecule has 7 heteroatoms. The average Bonchev–Trinajstić information content (AvgIpc) is 3.29. The van der Waals surface area contributed by atoms with Crippen molar-refractivity contribution in [2.45, 2.75) is 25.7 Å². The second-order valence-electron chi connectivity index (χ2n) is 6.72. The number of hydrogen-bond acceptors (Lipinski definition) is 5. The van der Waals surface area contributed by atoms with Crippen molar-refractivity contribution in [3.63, 3.8) is 0 Å². The molecule has 0 saturated carbocycles. The molecule has 1 aromatic heterocycles. The quantitative estimate of drug-likeness (QED) is 0.650. The lowest BCUT2D eigenvalue weighted by atomic mass is 10.0. The summed E-state index contributed by atoms with van der Waals surface area (Å²) < 4.78 is 14.1.